The van der Waals surface area contributed by atoms with E-state index < -0.39 is 14.5 Å². The highest BCUT2D eigenvalue weighted by Crippen LogP contribution is 2.11. The Morgan fingerprint density at radius 2 is 1.69 bits per heavy atom. The summed E-state index contributed by atoms with van der Waals surface area (Å²) in [6.45, 7) is 11.7. The van der Waals surface area contributed by atoms with Gasteiger partial charge in [-0.2, -0.15) is 0 Å². The van der Waals surface area contributed by atoms with Crippen molar-refractivity contribution >= 4 is 20.2 Å². The number of allylic oxidation sites excluding steroid dienone is 2. The summed E-state index contributed by atoms with van der Waals surface area (Å²) < 4.78 is 6.10. The minimum absolute atomic E-state index is 0.860. The molecule has 0 radical (unpaired) electrons. The highest BCUT2D eigenvalue weighted by Gasteiger charge is 2.18. The average molecular weight is 239 g/mol. The molecule has 0 aromatic heterocycles. The molecular weight excluding hydrogens is 213 g/mol. The SMILES string of the molecule is CCN=C(/C=C(/CC)[O][Al]([CH2]C)[CH2]C)CC. The number of aliphatic imine (C=N–C) groups is 1. The van der Waals surface area contributed by atoms with Gasteiger partial charge in [0.1, 0.15) is 0 Å². The van der Waals surface area contributed by atoms with Crippen LogP contribution in [0.4, 0.5) is 0 Å². The zero-order chi connectivity index (χ0) is 12.4. The molecule has 92 valence electrons. The summed E-state index contributed by atoms with van der Waals surface area (Å²) in [6.07, 6.45) is 4.12. The molecule has 0 heterocycles. The maximum Gasteiger partial charge on any atom is 0.546 e. The minimum atomic E-state index is -0.981. The van der Waals surface area contributed by atoms with Crippen LogP contribution >= 0.6 is 0 Å². The molecule has 0 aromatic carbocycles. The van der Waals surface area contributed by atoms with Gasteiger partial charge in [0.15, 0.2) is 0 Å². The Bertz CT molecular complexity index is 232. The third-order valence-electron chi connectivity index (χ3n) is 2.63. The molecule has 0 atom stereocenters. The first-order valence-electron chi connectivity index (χ1n) is 6.62. The van der Waals surface area contributed by atoms with Gasteiger partial charge < -0.3 is 3.79 Å². The Hall–Kier alpha value is -0.258. The van der Waals surface area contributed by atoms with Crippen molar-refractivity contribution < 1.29 is 3.79 Å². The van der Waals surface area contributed by atoms with Crippen LogP contribution in [0, 0.1) is 0 Å². The van der Waals surface area contributed by atoms with E-state index in [2.05, 4.69) is 45.7 Å². The fourth-order valence-electron chi connectivity index (χ4n) is 1.54. The van der Waals surface area contributed by atoms with E-state index in [4.69, 9.17) is 3.79 Å². The third kappa shape index (κ3) is 6.35. The van der Waals surface area contributed by atoms with Crippen LogP contribution in [0.15, 0.2) is 16.8 Å². The quantitative estimate of drug-likeness (QED) is 0.353. The zero-order valence-electron chi connectivity index (χ0n) is 11.5. The molecule has 0 aliphatic rings. The number of hydrogen-bond acceptors (Lipinski definition) is 2. The van der Waals surface area contributed by atoms with Crippen LogP contribution in [0.2, 0.25) is 10.6 Å². The van der Waals surface area contributed by atoms with Gasteiger partial charge in [-0.1, -0.05) is 38.3 Å². The highest BCUT2D eigenvalue weighted by atomic mass is 27.2. The second kappa shape index (κ2) is 9.93. The molecule has 0 bridgehead atoms. The van der Waals surface area contributed by atoms with Crippen LogP contribution in [-0.2, 0) is 3.79 Å². The van der Waals surface area contributed by atoms with Gasteiger partial charge in [-0.25, -0.2) is 0 Å². The zero-order valence-corrected chi connectivity index (χ0v) is 12.7. The van der Waals surface area contributed by atoms with Crippen LogP contribution in [0.1, 0.15) is 47.5 Å². The van der Waals surface area contributed by atoms with Crippen molar-refractivity contribution in [1.29, 1.82) is 0 Å². The Morgan fingerprint density at radius 1 is 1.06 bits per heavy atom. The first kappa shape index (κ1) is 15.7. The van der Waals surface area contributed by atoms with E-state index >= 15 is 0 Å². The summed E-state index contributed by atoms with van der Waals surface area (Å²) in [7, 11) is 0. The van der Waals surface area contributed by atoms with Crippen molar-refractivity contribution in [3.8, 4) is 0 Å². The predicted molar refractivity (Wildman–Crippen MR) is 74.4 cm³/mol. The molecule has 0 spiro atoms. The van der Waals surface area contributed by atoms with Gasteiger partial charge in [0, 0.05) is 12.3 Å². The maximum atomic E-state index is 6.10. The standard InChI is InChI=1S/C9H17NO.2C2H5.Al/c1-4-8(10-6-3)7-9(11)5-2;2*1-2;/h7,11H,4-6H2,1-3H3;2*1H2,2H3;/q;;;+1/p-1/b9-7-,10-8?;;;. The van der Waals surface area contributed by atoms with Crippen LogP contribution in [0.5, 0.6) is 0 Å². The summed E-state index contributed by atoms with van der Waals surface area (Å²) in [5.74, 6) is 1.13. The molecule has 3 heteroatoms. The first-order valence-corrected chi connectivity index (χ1v) is 8.72. The molecule has 0 N–H and O–H groups in total. The predicted octanol–water partition coefficient (Wildman–Crippen LogP) is 4.20. The lowest BCUT2D eigenvalue weighted by Gasteiger charge is -2.15. The van der Waals surface area contributed by atoms with Gasteiger partial charge >= 0.3 is 14.5 Å². The van der Waals surface area contributed by atoms with Crippen molar-refractivity contribution in [3.63, 3.8) is 0 Å². The number of rotatable bonds is 8. The van der Waals surface area contributed by atoms with Crippen LogP contribution in [-0.4, -0.2) is 26.7 Å². The average Bonchev–Trinajstić information content (AvgIpc) is 2.33. The second-order valence-electron chi connectivity index (χ2n) is 3.84. The minimum Gasteiger partial charge on any atom is -0.646 e. The molecule has 0 saturated carbocycles. The lowest BCUT2D eigenvalue weighted by molar-refractivity contribution is 0.415. The highest BCUT2D eigenvalue weighted by molar-refractivity contribution is 6.51. The summed E-state index contributed by atoms with van der Waals surface area (Å²) in [6, 6.07) is 0. The van der Waals surface area contributed by atoms with E-state index in [1.165, 1.54) is 16.3 Å². The fraction of sp³-hybridized carbons (Fsp3) is 0.769. The molecular formula is C13H26AlNO. The van der Waals surface area contributed by atoms with Gasteiger partial charge in [-0.05, 0) is 25.8 Å². The molecule has 16 heavy (non-hydrogen) atoms. The fourth-order valence-corrected chi connectivity index (χ4v) is 3.11. The molecule has 0 unspecified atom stereocenters. The van der Waals surface area contributed by atoms with Gasteiger partial charge in [0.05, 0.1) is 5.76 Å². The monoisotopic (exact) mass is 239 g/mol. The summed E-state index contributed by atoms with van der Waals surface area (Å²) in [4.78, 5) is 4.47. The van der Waals surface area contributed by atoms with Crippen molar-refractivity contribution in [2.45, 2.75) is 58.0 Å². The molecule has 2 nitrogen and oxygen atoms in total. The summed E-state index contributed by atoms with van der Waals surface area (Å²) in [5, 5.41) is 2.42. The van der Waals surface area contributed by atoms with Crippen molar-refractivity contribution in [2.75, 3.05) is 6.54 Å². The molecule has 0 aromatic rings. The maximum absolute atomic E-state index is 6.10. The van der Waals surface area contributed by atoms with E-state index in [0.29, 0.717) is 0 Å². The molecule has 0 saturated heterocycles. The topological polar surface area (TPSA) is 21.6 Å². The number of nitrogens with zero attached hydrogens (tertiary/aromatic N) is 1. The van der Waals surface area contributed by atoms with Crippen molar-refractivity contribution in [1.82, 2.24) is 0 Å². The van der Waals surface area contributed by atoms with Gasteiger partial charge in [0.25, 0.3) is 0 Å². The molecule has 0 fully saturated rings. The molecule has 0 rings (SSSR count). The van der Waals surface area contributed by atoms with E-state index in [-0.39, 0.29) is 0 Å². The molecule has 0 aliphatic heterocycles. The lowest BCUT2D eigenvalue weighted by Crippen LogP contribution is -2.15. The van der Waals surface area contributed by atoms with Crippen molar-refractivity contribution in [3.05, 3.63) is 11.8 Å². The summed E-state index contributed by atoms with van der Waals surface area (Å²) in [5.41, 5.74) is 1.17. The van der Waals surface area contributed by atoms with Crippen LogP contribution in [0.25, 0.3) is 0 Å². The van der Waals surface area contributed by atoms with E-state index in [9.17, 15) is 0 Å². The van der Waals surface area contributed by atoms with Gasteiger partial charge in [-0.15, -0.1) is 0 Å². The van der Waals surface area contributed by atoms with E-state index in [1.54, 1.807) is 0 Å². The van der Waals surface area contributed by atoms with Crippen LogP contribution < -0.4 is 0 Å². The lowest BCUT2D eigenvalue weighted by atomic mass is 10.2. The van der Waals surface area contributed by atoms with Gasteiger partial charge in [0.2, 0.25) is 0 Å². The smallest absolute Gasteiger partial charge is 0.546 e. The van der Waals surface area contributed by atoms with Crippen molar-refractivity contribution in [2.24, 2.45) is 4.99 Å². The third-order valence-corrected chi connectivity index (χ3v) is 5.09. The first-order chi connectivity index (χ1) is 7.71. The molecule has 0 aliphatic carbocycles. The Balaban J connectivity index is 4.56. The largest absolute Gasteiger partial charge is 0.646 e. The van der Waals surface area contributed by atoms with E-state index in [1.807, 2.05) is 0 Å². The Morgan fingerprint density at radius 3 is 2.06 bits per heavy atom. The number of hydrogen-bond donors (Lipinski definition) is 0. The second-order valence-corrected chi connectivity index (χ2v) is 6.95. The Kier molecular flexibility index (Phi) is 9.77. The normalized spacial score (nSPS) is 12.8. The van der Waals surface area contributed by atoms with E-state index in [0.717, 1.165) is 25.1 Å². The molecule has 0 amide bonds. The van der Waals surface area contributed by atoms with Gasteiger partial charge in [-0.3, -0.25) is 4.99 Å². The Labute approximate surface area is 106 Å². The summed E-state index contributed by atoms with van der Waals surface area (Å²) >= 11 is -0.981. The van der Waals surface area contributed by atoms with Crippen LogP contribution in [0.3, 0.4) is 0 Å².